The first-order valence-electron chi connectivity index (χ1n) is 7.50. The van der Waals surface area contributed by atoms with Gasteiger partial charge in [-0.1, -0.05) is 67.2 Å². The van der Waals surface area contributed by atoms with Crippen LogP contribution in [0.25, 0.3) is 0 Å². The molecule has 0 radical (unpaired) electrons. The summed E-state index contributed by atoms with van der Waals surface area (Å²) >= 11 is 0. The molecule has 2 aromatic rings. The summed E-state index contributed by atoms with van der Waals surface area (Å²) in [5.74, 6) is -0.724. The Hall–Kier alpha value is -2.24. The minimum atomic E-state index is -4.94. The molecule has 0 aliphatic rings. The molecule has 1 unspecified atom stereocenters. The van der Waals surface area contributed by atoms with Crippen LogP contribution in [-0.4, -0.2) is 21.9 Å². The highest BCUT2D eigenvalue weighted by Gasteiger charge is 2.48. The van der Waals surface area contributed by atoms with Gasteiger partial charge in [0.05, 0.1) is 0 Å². The highest BCUT2D eigenvalue weighted by atomic mass is 31.2. The monoisotopic (exact) mass is 362 g/mol. The quantitative estimate of drug-likeness (QED) is 0.446. The van der Waals surface area contributed by atoms with Crippen molar-refractivity contribution in [2.24, 2.45) is 0 Å². The minimum Gasteiger partial charge on any atom is -0.456 e. The Morgan fingerprint density at radius 2 is 1.52 bits per heavy atom. The van der Waals surface area contributed by atoms with Crippen LogP contribution in [-0.2, 0) is 24.2 Å². The molecule has 0 heterocycles. The number of hydrogen-bond donors (Lipinski definition) is 2. The Labute approximate surface area is 146 Å². The van der Waals surface area contributed by atoms with Crippen molar-refractivity contribution < 1.29 is 28.4 Å². The zero-order valence-electron chi connectivity index (χ0n) is 13.6. The minimum absolute atomic E-state index is 0.439. The average Bonchev–Trinajstić information content (AvgIpc) is 2.60. The third-order valence-electron chi connectivity index (χ3n) is 3.70. The van der Waals surface area contributed by atoms with E-state index in [1.807, 2.05) is 0 Å². The second kappa shape index (κ2) is 7.76. The smallest absolute Gasteiger partial charge is 0.456 e. The van der Waals surface area contributed by atoms with E-state index >= 15 is 0 Å². The van der Waals surface area contributed by atoms with E-state index in [9.17, 15) is 19.1 Å². The molecule has 0 amide bonds. The van der Waals surface area contributed by atoms with Crippen LogP contribution in [0, 0.1) is 0 Å². The molecule has 2 rings (SSSR count). The molecule has 2 N–H and O–H groups in total. The van der Waals surface area contributed by atoms with Gasteiger partial charge in [0, 0.05) is 6.08 Å². The number of phosphoric acid groups is 1. The summed E-state index contributed by atoms with van der Waals surface area (Å²) in [6.07, 6.45) is -0.0650. The van der Waals surface area contributed by atoms with E-state index in [1.54, 1.807) is 60.7 Å². The van der Waals surface area contributed by atoms with Gasteiger partial charge in [0.1, 0.15) is 6.10 Å². The lowest BCUT2D eigenvalue weighted by Gasteiger charge is -2.38. The van der Waals surface area contributed by atoms with E-state index in [1.165, 1.54) is 6.92 Å². The molecular formula is C18H19O6P. The average molecular weight is 362 g/mol. The SMILES string of the molecule is C=CC(=O)OC(C)C(OP(=O)(O)O)(c1ccccc1)c1ccccc1. The molecule has 0 fully saturated rings. The Kier molecular flexibility index (Phi) is 5.93. The summed E-state index contributed by atoms with van der Waals surface area (Å²) in [5, 5.41) is 0. The maximum atomic E-state index is 11.8. The first-order chi connectivity index (χ1) is 11.8. The molecule has 0 aliphatic carbocycles. The molecule has 0 bridgehead atoms. The van der Waals surface area contributed by atoms with Crippen molar-refractivity contribution in [1.82, 2.24) is 0 Å². The number of ether oxygens (including phenoxy) is 1. The van der Waals surface area contributed by atoms with Crippen LogP contribution < -0.4 is 0 Å². The van der Waals surface area contributed by atoms with E-state index in [2.05, 4.69) is 6.58 Å². The van der Waals surface area contributed by atoms with Gasteiger partial charge < -0.3 is 14.5 Å². The molecule has 0 saturated heterocycles. The molecule has 0 aliphatic heterocycles. The zero-order chi connectivity index (χ0) is 18.5. The molecule has 25 heavy (non-hydrogen) atoms. The second-order valence-corrected chi connectivity index (χ2v) is 6.50. The molecular weight excluding hydrogens is 343 g/mol. The second-order valence-electron chi connectivity index (χ2n) is 5.33. The number of hydrogen-bond acceptors (Lipinski definition) is 4. The Morgan fingerprint density at radius 3 is 1.88 bits per heavy atom. The fourth-order valence-electron chi connectivity index (χ4n) is 2.68. The molecule has 7 heteroatoms. The number of benzene rings is 2. The zero-order valence-corrected chi connectivity index (χ0v) is 14.5. The maximum absolute atomic E-state index is 11.8. The van der Waals surface area contributed by atoms with Gasteiger partial charge in [0.2, 0.25) is 0 Å². The van der Waals surface area contributed by atoms with Gasteiger partial charge in [-0.15, -0.1) is 0 Å². The van der Waals surface area contributed by atoms with Gasteiger partial charge in [-0.2, -0.15) is 0 Å². The number of phosphoric ester groups is 1. The molecule has 0 aromatic heterocycles. The number of carbonyl (C=O) groups is 1. The lowest BCUT2D eigenvalue weighted by molar-refractivity contribution is -0.153. The van der Waals surface area contributed by atoms with Crippen LogP contribution in [0.5, 0.6) is 0 Å². The molecule has 132 valence electrons. The van der Waals surface area contributed by atoms with Crippen molar-refractivity contribution in [3.8, 4) is 0 Å². The molecule has 0 saturated carbocycles. The predicted octanol–water partition coefficient (Wildman–Crippen LogP) is 3.16. The Balaban J connectivity index is 2.71. The lowest BCUT2D eigenvalue weighted by atomic mass is 9.82. The van der Waals surface area contributed by atoms with E-state index < -0.39 is 25.5 Å². The fourth-order valence-corrected chi connectivity index (χ4v) is 3.41. The normalized spacial score (nSPS) is 13.1. The van der Waals surface area contributed by atoms with E-state index in [4.69, 9.17) is 9.26 Å². The van der Waals surface area contributed by atoms with Crippen LogP contribution >= 0.6 is 7.82 Å². The highest BCUT2D eigenvalue weighted by molar-refractivity contribution is 7.46. The largest absolute Gasteiger partial charge is 0.470 e. The van der Waals surface area contributed by atoms with E-state index in [-0.39, 0.29) is 0 Å². The van der Waals surface area contributed by atoms with E-state index in [0.29, 0.717) is 11.1 Å². The summed E-state index contributed by atoms with van der Waals surface area (Å²) in [6, 6.07) is 17.0. The van der Waals surface area contributed by atoms with Crippen molar-refractivity contribution >= 4 is 13.8 Å². The van der Waals surface area contributed by atoms with Crippen LogP contribution in [0.15, 0.2) is 73.3 Å². The first kappa shape index (κ1) is 19.1. The van der Waals surface area contributed by atoms with Crippen molar-refractivity contribution in [2.75, 3.05) is 0 Å². The third-order valence-corrected chi connectivity index (χ3v) is 4.23. The topological polar surface area (TPSA) is 93.1 Å². The summed E-state index contributed by atoms with van der Waals surface area (Å²) < 4.78 is 22.3. The van der Waals surface area contributed by atoms with Crippen LogP contribution in [0.3, 0.4) is 0 Å². The summed E-state index contributed by atoms with van der Waals surface area (Å²) in [6.45, 7) is 4.86. The standard InChI is InChI=1S/C18H19O6P/c1-3-17(19)23-14(2)18(24-25(20,21)22,15-10-6-4-7-11-15)16-12-8-5-9-13-16/h3-14H,1H2,2H3,(H2,20,21,22). The first-order valence-corrected chi connectivity index (χ1v) is 9.03. The van der Waals surface area contributed by atoms with Crippen LogP contribution in [0.4, 0.5) is 0 Å². The molecule has 6 nitrogen and oxygen atoms in total. The third kappa shape index (κ3) is 4.44. The van der Waals surface area contributed by atoms with Gasteiger partial charge in [-0.25, -0.2) is 9.36 Å². The summed E-state index contributed by atoms with van der Waals surface area (Å²) in [5.41, 5.74) is -0.817. The molecule has 0 spiro atoms. The van der Waals surface area contributed by atoms with Gasteiger partial charge in [-0.05, 0) is 18.1 Å². The van der Waals surface area contributed by atoms with Gasteiger partial charge >= 0.3 is 13.8 Å². The number of carbonyl (C=O) groups excluding carboxylic acids is 1. The van der Waals surface area contributed by atoms with Crippen molar-refractivity contribution in [1.29, 1.82) is 0 Å². The predicted molar refractivity (Wildman–Crippen MR) is 92.5 cm³/mol. The number of esters is 1. The summed E-state index contributed by atoms with van der Waals surface area (Å²) in [4.78, 5) is 30.8. The van der Waals surface area contributed by atoms with Gasteiger partial charge in [-0.3, -0.25) is 4.52 Å². The van der Waals surface area contributed by atoms with Crippen molar-refractivity contribution in [2.45, 2.75) is 18.6 Å². The van der Waals surface area contributed by atoms with E-state index in [0.717, 1.165) is 6.08 Å². The highest BCUT2D eigenvalue weighted by Crippen LogP contribution is 2.51. The summed E-state index contributed by atoms with van der Waals surface area (Å²) in [7, 11) is -4.94. The Morgan fingerprint density at radius 1 is 1.08 bits per heavy atom. The lowest BCUT2D eigenvalue weighted by Crippen LogP contribution is -2.43. The van der Waals surface area contributed by atoms with Crippen molar-refractivity contribution in [3.63, 3.8) is 0 Å². The van der Waals surface area contributed by atoms with Gasteiger partial charge in [0.15, 0.2) is 5.60 Å². The van der Waals surface area contributed by atoms with Crippen LogP contribution in [0.2, 0.25) is 0 Å². The fraction of sp³-hybridized carbons (Fsp3) is 0.167. The van der Waals surface area contributed by atoms with Crippen LogP contribution in [0.1, 0.15) is 18.1 Å². The molecule has 1 atom stereocenters. The molecule has 2 aromatic carbocycles. The number of rotatable bonds is 7. The Bertz CT molecular complexity index is 729. The maximum Gasteiger partial charge on any atom is 0.470 e. The van der Waals surface area contributed by atoms with Crippen molar-refractivity contribution in [3.05, 3.63) is 84.4 Å². The van der Waals surface area contributed by atoms with Gasteiger partial charge in [0.25, 0.3) is 0 Å².